The molecule has 40 heavy (non-hydrogen) atoms. The molecule has 4 rings (SSSR count). The Kier molecular flexibility index (Phi) is 9.85. The molecule has 0 saturated heterocycles. The van der Waals surface area contributed by atoms with Gasteiger partial charge in [0.1, 0.15) is 40.3 Å². The summed E-state index contributed by atoms with van der Waals surface area (Å²) >= 11 is 0. The van der Waals surface area contributed by atoms with E-state index in [0.717, 1.165) is 62.5 Å². The number of hydrogen-bond donors (Lipinski definition) is 0. The van der Waals surface area contributed by atoms with Crippen molar-refractivity contribution < 1.29 is 37.6 Å². The van der Waals surface area contributed by atoms with Gasteiger partial charge in [-0.25, -0.2) is 9.59 Å². The fourth-order valence-electron chi connectivity index (χ4n) is 5.01. The van der Waals surface area contributed by atoms with Gasteiger partial charge in [-0.15, -0.1) is 9.29 Å². The number of nitrogens with zero attached hydrogens (tertiary/aromatic N) is 6. The van der Waals surface area contributed by atoms with Gasteiger partial charge in [-0.05, 0) is 12.8 Å². The van der Waals surface area contributed by atoms with Crippen LogP contribution >= 0.6 is 0 Å². The van der Waals surface area contributed by atoms with Gasteiger partial charge in [0.15, 0.2) is 11.6 Å². The lowest BCUT2D eigenvalue weighted by Crippen LogP contribution is -2.53. The summed E-state index contributed by atoms with van der Waals surface area (Å²) in [5.41, 5.74) is 1.59. The molecule has 2 unspecified atom stereocenters. The minimum atomic E-state index is -1.04. The molecule has 2 atom stereocenters. The molecule has 218 valence electrons. The highest BCUT2D eigenvalue weighted by molar-refractivity contribution is 6.29. The van der Waals surface area contributed by atoms with Gasteiger partial charge in [0.05, 0.1) is 11.1 Å². The van der Waals surface area contributed by atoms with Crippen molar-refractivity contribution in [1.82, 2.24) is 20.3 Å². The summed E-state index contributed by atoms with van der Waals surface area (Å²) in [6.07, 6.45) is 13.3. The van der Waals surface area contributed by atoms with Crippen LogP contribution in [0.5, 0.6) is 0 Å². The van der Waals surface area contributed by atoms with E-state index in [1.54, 1.807) is 14.1 Å². The van der Waals surface area contributed by atoms with Crippen LogP contribution in [0.1, 0.15) is 88.6 Å². The van der Waals surface area contributed by atoms with Gasteiger partial charge >= 0.3 is 11.9 Å². The molecule has 2 aliphatic rings. The number of carbonyl (C=O) groups excluding carboxylic acids is 2. The fourth-order valence-corrected chi connectivity index (χ4v) is 5.01. The maximum absolute atomic E-state index is 12.9. The first-order chi connectivity index (χ1) is 19.2. The van der Waals surface area contributed by atoms with Gasteiger partial charge in [-0.2, -0.15) is 9.97 Å². The Morgan fingerprint density at radius 3 is 1.57 bits per heavy atom. The molecule has 0 aliphatic carbocycles. The van der Waals surface area contributed by atoms with Crippen molar-refractivity contribution >= 4 is 23.1 Å². The lowest BCUT2D eigenvalue weighted by atomic mass is 10.1. The second-order valence-electron chi connectivity index (χ2n) is 11.1. The largest absolute Gasteiger partial charge is 0.480 e. The Morgan fingerprint density at radius 2 is 1.18 bits per heavy atom. The monoisotopic (exact) mass is 558 g/mol. The van der Waals surface area contributed by atoms with E-state index >= 15 is 0 Å². The van der Waals surface area contributed by atoms with Crippen LogP contribution in [0.3, 0.4) is 0 Å². The zero-order valence-electron chi connectivity index (χ0n) is 24.2. The first-order valence-corrected chi connectivity index (χ1v) is 14.4. The Balaban J connectivity index is 1.31. The fraction of sp³-hybridized carbons (Fsp3) is 0.643. The minimum Gasteiger partial charge on any atom is -0.334 e. The molecule has 0 amide bonds. The zero-order valence-corrected chi connectivity index (χ0v) is 24.2. The summed E-state index contributed by atoms with van der Waals surface area (Å²) < 4.78 is 10.7. The molecular formula is C28H42N6O6+2. The maximum atomic E-state index is 12.9. The van der Waals surface area contributed by atoms with Gasteiger partial charge in [0.25, 0.3) is 11.8 Å². The molecule has 2 aromatic heterocycles. The first kappa shape index (κ1) is 29.6. The molecule has 12 nitrogen and oxygen atoms in total. The number of aromatic nitrogens is 4. The van der Waals surface area contributed by atoms with Crippen LogP contribution in [0.4, 0.5) is 0 Å². The average Bonchev–Trinajstić information content (AvgIpc) is 3.59. The smallest absolute Gasteiger partial charge is 0.334 e. The molecule has 12 heteroatoms. The van der Waals surface area contributed by atoms with Crippen LogP contribution in [0.15, 0.2) is 21.2 Å². The third-order valence-corrected chi connectivity index (χ3v) is 7.26. The number of hydrogen-bond acceptors (Lipinski definition) is 10. The van der Waals surface area contributed by atoms with Crippen molar-refractivity contribution in [3.63, 3.8) is 0 Å². The highest BCUT2D eigenvalue weighted by Crippen LogP contribution is 2.27. The highest BCUT2D eigenvalue weighted by Gasteiger charge is 2.41. The lowest BCUT2D eigenvalue weighted by molar-refractivity contribution is -1.07. The van der Waals surface area contributed by atoms with E-state index in [9.17, 15) is 9.59 Å². The SMILES string of the molecule is CCCCCc1noc(C2=CCC[N+](C)(OC(=O)C(=O)O[N+]3(C)CCC=C(c4nc(CCCCC)no4)C3)C2)n1. The molecule has 4 heterocycles. The number of unbranched alkanes of at least 4 members (excludes halogenated alkanes) is 4. The molecule has 0 bridgehead atoms. The van der Waals surface area contributed by atoms with E-state index in [-0.39, 0.29) is 9.29 Å². The average molecular weight is 559 g/mol. The van der Waals surface area contributed by atoms with Crippen LogP contribution in [0, 0.1) is 0 Å². The number of quaternary nitrogens is 2. The highest BCUT2D eigenvalue weighted by atomic mass is 16.8. The first-order valence-electron chi connectivity index (χ1n) is 14.4. The number of rotatable bonds is 12. The topological polar surface area (TPSA) is 130 Å². The van der Waals surface area contributed by atoms with Crippen molar-refractivity contribution in [3.05, 3.63) is 35.6 Å². The predicted molar refractivity (Wildman–Crippen MR) is 144 cm³/mol. The van der Waals surface area contributed by atoms with Crippen molar-refractivity contribution in [2.75, 3.05) is 40.3 Å². The summed E-state index contributed by atoms with van der Waals surface area (Å²) in [6, 6.07) is 0. The summed E-state index contributed by atoms with van der Waals surface area (Å²) in [5, 5.41) is 8.16. The molecule has 0 spiro atoms. The Labute approximate surface area is 235 Å². The van der Waals surface area contributed by atoms with Gasteiger partial charge in [-0.3, -0.25) is 9.68 Å². The predicted octanol–water partition coefficient (Wildman–Crippen LogP) is 4.00. The van der Waals surface area contributed by atoms with Crippen molar-refractivity contribution in [2.45, 2.75) is 78.1 Å². The normalized spacial score (nSPS) is 22.9. The van der Waals surface area contributed by atoms with Gasteiger partial charge in [0.2, 0.25) is 0 Å². The van der Waals surface area contributed by atoms with E-state index in [1.165, 1.54) is 0 Å². The molecule has 0 saturated carbocycles. The number of carbonyl (C=O) groups is 2. The van der Waals surface area contributed by atoms with E-state index in [4.69, 9.17) is 18.7 Å². The standard InChI is InChI=1S/C28H42N6O6/c1-5-7-9-15-23-29-25(37-31-23)21-13-11-17-33(3,19-21)39-27(35)28(36)40-34(4)18-12-14-22(20-34)26-30-24(32-38-26)16-10-8-6-2/h13-14H,5-12,15-20H2,1-4H3/q+2. The summed E-state index contributed by atoms with van der Waals surface area (Å²) in [5.74, 6) is 0.112. The summed E-state index contributed by atoms with van der Waals surface area (Å²) in [4.78, 5) is 46.0. The minimum absolute atomic E-state index is 0.120. The van der Waals surface area contributed by atoms with Crippen molar-refractivity contribution in [1.29, 1.82) is 0 Å². The van der Waals surface area contributed by atoms with E-state index in [0.29, 0.717) is 62.5 Å². The second-order valence-corrected chi connectivity index (χ2v) is 11.1. The molecule has 0 aromatic carbocycles. The Morgan fingerprint density at radius 1 is 0.750 bits per heavy atom. The van der Waals surface area contributed by atoms with Crippen molar-refractivity contribution in [2.24, 2.45) is 0 Å². The van der Waals surface area contributed by atoms with Crippen LogP contribution < -0.4 is 0 Å². The van der Waals surface area contributed by atoms with Crippen LogP contribution in [-0.2, 0) is 32.1 Å². The van der Waals surface area contributed by atoms with Crippen LogP contribution in [0.2, 0.25) is 0 Å². The second kappa shape index (κ2) is 13.3. The number of likely N-dealkylation sites (N-methyl/N-ethyl adjacent to an activating group) is 2. The molecule has 2 aliphatic heterocycles. The van der Waals surface area contributed by atoms with Crippen LogP contribution in [0.25, 0.3) is 11.1 Å². The molecule has 0 fully saturated rings. The van der Waals surface area contributed by atoms with E-state index < -0.39 is 11.9 Å². The molecule has 2 aromatic rings. The van der Waals surface area contributed by atoms with E-state index in [2.05, 4.69) is 34.1 Å². The third kappa shape index (κ3) is 7.85. The van der Waals surface area contributed by atoms with Crippen LogP contribution in [-0.4, -0.2) is 81.8 Å². The Bertz CT molecular complexity index is 1140. The third-order valence-electron chi connectivity index (χ3n) is 7.26. The van der Waals surface area contributed by atoms with Gasteiger partial charge in [0, 0.05) is 25.7 Å². The summed E-state index contributed by atoms with van der Waals surface area (Å²) in [7, 11) is 3.50. The summed E-state index contributed by atoms with van der Waals surface area (Å²) in [6.45, 7) is 5.94. The number of aryl methyl sites for hydroxylation is 2. The quantitative estimate of drug-likeness (QED) is 0.214. The maximum Gasteiger partial charge on any atom is 0.480 e. The van der Waals surface area contributed by atoms with Gasteiger partial charge in [-0.1, -0.05) is 62.0 Å². The van der Waals surface area contributed by atoms with Gasteiger partial charge < -0.3 is 9.05 Å². The zero-order chi connectivity index (χ0) is 28.6. The Hall–Kier alpha value is -3.38. The number of hydroxylamine groups is 6. The lowest BCUT2D eigenvalue weighted by Gasteiger charge is -2.34. The molecular weight excluding hydrogens is 516 g/mol. The van der Waals surface area contributed by atoms with Crippen molar-refractivity contribution in [3.8, 4) is 0 Å². The molecule has 0 radical (unpaired) electrons. The molecule has 0 N–H and O–H groups in total. The van der Waals surface area contributed by atoms with E-state index in [1.807, 2.05) is 12.2 Å².